The topological polar surface area (TPSA) is 54.4 Å². The van der Waals surface area contributed by atoms with Crippen LogP contribution in [0.25, 0.3) is 0 Å². The molecule has 1 N–H and O–H groups in total. The summed E-state index contributed by atoms with van der Waals surface area (Å²) in [6, 6.07) is 3.81. The van der Waals surface area contributed by atoms with Crippen molar-refractivity contribution in [3.63, 3.8) is 0 Å². The fourth-order valence-electron chi connectivity index (χ4n) is 0.675. The predicted molar refractivity (Wildman–Crippen MR) is 54.8 cm³/mol. The first-order valence-electron chi connectivity index (χ1n) is 2.84. The second-order valence-electron chi connectivity index (χ2n) is 2.05. The van der Waals surface area contributed by atoms with Crippen LogP contribution in [0.3, 0.4) is 0 Å². The van der Waals surface area contributed by atoms with E-state index in [1.807, 2.05) is 0 Å². The zero-order valence-electron chi connectivity index (χ0n) is 5.66. The number of halogens is 2. The zero-order chi connectivity index (χ0) is 9.35. The van der Waals surface area contributed by atoms with Gasteiger partial charge in [-0.15, -0.1) is 0 Å². The second-order valence-corrected chi connectivity index (χ2v) is 4.28. The van der Waals surface area contributed by atoms with E-state index in [1.165, 1.54) is 12.1 Å². The van der Waals surface area contributed by atoms with Crippen molar-refractivity contribution in [3.8, 4) is 0 Å². The van der Waals surface area contributed by atoms with Gasteiger partial charge in [0.15, 0.2) is 0 Å². The SMILES string of the molecule is O=S(=O)(O)c1cc(Cl)ccc1Cl.[CaH2]. The Kier molecular flexibility index (Phi) is 5.55. The molecule has 0 aliphatic rings. The summed E-state index contributed by atoms with van der Waals surface area (Å²) in [4.78, 5) is -0.378. The van der Waals surface area contributed by atoms with Gasteiger partial charge in [0.25, 0.3) is 10.1 Å². The quantitative estimate of drug-likeness (QED) is 0.618. The third-order valence-corrected chi connectivity index (χ3v) is 2.74. The molecule has 1 aromatic rings. The molecule has 0 saturated carbocycles. The summed E-state index contributed by atoms with van der Waals surface area (Å²) in [5.74, 6) is 0. The van der Waals surface area contributed by atoms with Gasteiger partial charge in [0, 0.05) is 5.02 Å². The third-order valence-electron chi connectivity index (χ3n) is 1.17. The molecule has 1 aromatic carbocycles. The van der Waals surface area contributed by atoms with Crippen LogP contribution in [-0.2, 0) is 10.1 Å². The summed E-state index contributed by atoms with van der Waals surface area (Å²) < 4.78 is 29.9. The molecule has 3 nitrogen and oxygen atoms in total. The van der Waals surface area contributed by atoms with Crippen molar-refractivity contribution in [1.82, 2.24) is 0 Å². The maximum atomic E-state index is 10.6. The molecule has 7 heteroatoms. The summed E-state index contributed by atoms with van der Waals surface area (Å²) in [6.07, 6.45) is 0. The monoisotopic (exact) mass is 268 g/mol. The van der Waals surface area contributed by atoms with Crippen molar-refractivity contribution >= 4 is 71.1 Å². The Hall–Kier alpha value is 0.970. The third kappa shape index (κ3) is 3.91. The molecule has 0 unspecified atom stereocenters. The minimum absolute atomic E-state index is 0. The maximum absolute atomic E-state index is 10.6. The predicted octanol–water partition coefficient (Wildman–Crippen LogP) is 1.32. The fourth-order valence-corrected chi connectivity index (χ4v) is 1.91. The van der Waals surface area contributed by atoms with Crippen LogP contribution >= 0.6 is 23.2 Å². The van der Waals surface area contributed by atoms with Gasteiger partial charge in [-0.3, -0.25) is 4.55 Å². The Labute approximate surface area is 116 Å². The van der Waals surface area contributed by atoms with Crippen molar-refractivity contribution in [1.29, 1.82) is 0 Å². The molecular weight excluding hydrogens is 263 g/mol. The van der Waals surface area contributed by atoms with Gasteiger partial charge in [0.05, 0.1) is 5.02 Å². The molecule has 0 saturated heterocycles. The van der Waals surface area contributed by atoms with Gasteiger partial charge in [-0.05, 0) is 18.2 Å². The molecule has 1 rings (SSSR count). The van der Waals surface area contributed by atoms with Gasteiger partial charge in [0.2, 0.25) is 0 Å². The molecule has 70 valence electrons. The van der Waals surface area contributed by atoms with Crippen LogP contribution in [0.5, 0.6) is 0 Å². The van der Waals surface area contributed by atoms with Gasteiger partial charge >= 0.3 is 37.7 Å². The van der Waals surface area contributed by atoms with Crippen molar-refractivity contribution in [2.75, 3.05) is 0 Å². The molecular formula is C6H6CaCl2O3S. The zero-order valence-corrected chi connectivity index (χ0v) is 7.99. The summed E-state index contributed by atoms with van der Waals surface area (Å²) in [6.45, 7) is 0. The van der Waals surface area contributed by atoms with E-state index in [0.29, 0.717) is 0 Å². The van der Waals surface area contributed by atoms with Crippen LogP contribution in [0.4, 0.5) is 0 Å². The van der Waals surface area contributed by atoms with Gasteiger partial charge in [0.1, 0.15) is 4.90 Å². The van der Waals surface area contributed by atoms with E-state index in [9.17, 15) is 8.42 Å². The van der Waals surface area contributed by atoms with E-state index in [2.05, 4.69) is 0 Å². The van der Waals surface area contributed by atoms with Crippen LogP contribution in [-0.4, -0.2) is 50.7 Å². The number of hydrogen-bond donors (Lipinski definition) is 1. The Morgan fingerprint density at radius 3 is 2.15 bits per heavy atom. The molecule has 0 bridgehead atoms. The normalized spacial score (nSPS) is 10.7. The van der Waals surface area contributed by atoms with Crippen LogP contribution in [0, 0.1) is 0 Å². The van der Waals surface area contributed by atoms with Gasteiger partial charge in [-0.2, -0.15) is 8.42 Å². The van der Waals surface area contributed by atoms with E-state index < -0.39 is 10.1 Å². The molecule has 0 aromatic heterocycles. The molecule has 0 spiro atoms. The molecule has 0 aliphatic carbocycles. The second kappa shape index (κ2) is 5.16. The Morgan fingerprint density at radius 2 is 1.77 bits per heavy atom. The van der Waals surface area contributed by atoms with Gasteiger partial charge in [-0.25, -0.2) is 0 Å². The molecule has 0 fully saturated rings. The molecule has 0 heterocycles. The first kappa shape index (κ1) is 14.0. The summed E-state index contributed by atoms with van der Waals surface area (Å²) >= 11 is 11.0. The molecule has 13 heavy (non-hydrogen) atoms. The van der Waals surface area contributed by atoms with Crippen LogP contribution in [0.15, 0.2) is 23.1 Å². The van der Waals surface area contributed by atoms with E-state index >= 15 is 0 Å². The van der Waals surface area contributed by atoms with Crippen molar-refractivity contribution in [2.24, 2.45) is 0 Å². The van der Waals surface area contributed by atoms with E-state index in [0.717, 1.165) is 6.07 Å². The molecule has 0 amide bonds. The number of benzene rings is 1. The van der Waals surface area contributed by atoms with Gasteiger partial charge in [-0.1, -0.05) is 23.2 Å². The van der Waals surface area contributed by atoms with Crippen LogP contribution in [0.2, 0.25) is 10.0 Å². The first-order valence-corrected chi connectivity index (χ1v) is 5.03. The van der Waals surface area contributed by atoms with Crippen molar-refractivity contribution in [3.05, 3.63) is 28.2 Å². The van der Waals surface area contributed by atoms with E-state index in [-0.39, 0.29) is 52.7 Å². The average molecular weight is 269 g/mol. The van der Waals surface area contributed by atoms with E-state index in [4.69, 9.17) is 27.8 Å². The molecule has 0 atom stereocenters. The number of hydrogen-bond acceptors (Lipinski definition) is 2. The Bertz CT molecular complexity index is 404. The van der Waals surface area contributed by atoms with Crippen molar-refractivity contribution in [2.45, 2.75) is 4.90 Å². The number of rotatable bonds is 1. The molecule has 0 radical (unpaired) electrons. The molecule has 0 aliphatic heterocycles. The minimum atomic E-state index is -4.27. The summed E-state index contributed by atoms with van der Waals surface area (Å²) in [7, 11) is -4.27. The van der Waals surface area contributed by atoms with Crippen LogP contribution < -0.4 is 0 Å². The Balaban J connectivity index is 0.00000144. The fraction of sp³-hybridized carbons (Fsp3) is 0. The Morgan fingerprint density at radius 1 is 1.23 bits per heavy atom. The van der Waals surface area contributed by atoms with Crippen LogP contribution in [0.1, 0.15) is 0 Å². The average Bonchev–Trinajstić information content (AvgIpc) is 1.92. The van der Waals surface area contributed by atoms with Gasteiger partial charge < -0.3 is 0 Å². The van der Waals surface area contributed by atoms with E-state index in [1.54, 1.807) is 0 Å². The summed E-state index contributed by atoms with van der Waals surface area (Å²) in [5, 5.41) is 0.147. The summed E-state index contributed by atoms with van der Waals surface area (Å²) in [5.41, 5.74) is 0. The first-order chi connectivity index (χ1) is 5.41. The van der Waals surface area contributed by atoms with Crippen molar-refractivity contribution < 1.29 is 13.0 Å². The standard InChI is InChI=1S/C6H4Cl2O3S.Ca.2H/c7-4-1-2-5(8)6(3-4)12(9,10)11;;;/h1-3H,(H,9,10,11);;;.